The molecular weight excluding hydrogens is 459 g/mol. The largest absolute Gasteiger partial charge is 0.459 e. The topological polar surface area (TPSA) is 49.9 Å². The van der Waals surface area contributed by atoms with Gasteiger partial charge in [0.05, 0.1) is 22.0 Å². The van der Waals surface area contributed by atoms with E-state index in [9.17, 15) is 9.59 Å². The second-order valence-corrected chi connectivity index (χ2v) is 9.83. The van der Waals surface area contributed by atoms with Crippen LogP contribution in [-0.2, 0) is 16.0 Å². The lowest BCUT2D eigenvalue weighted by molar-refractivity contribution is -0.134. The predicted octanol–water partition coefficient (Wildman–Crippen LogP) is 5.24. The second kappa shape index (κ2) is 10.9. The number of rotatable bonds is 6. The van der Waals surface area contributed by atoms with Crippen molar-refractivity contribution in [2.24, 2.45) is 0 Å². The van der Waals surface area contributed by atoms with Crippen molar-refractivity contribution < 1.29 is 14.3 Å². The number of carbonyl (C=O) groups is 2. The van der Waals surface area contributed by atoms with Crippen molar-refractivity contribution in [2.45, 2.75) is 56.7 Å². The van der Waals surface area contributed by atoms with Crippen molar-refractivity contribution in [1.82, 2.24) is 9.80 Å². The summed E-state index contributed by atoms with van der Waals surface area (Å²) in [5.41, 5.74) is 1.43. The Labute approximate surface area is 205 Å². The number of ether oxygens (including phenoxy) is 1. The Morgan fingerprint density at radius 3 is 2.45 bits per heavy atom. The van der Waals surface area contributed by atoms with Gasteiger partial charge in [0, 0.05) is 25.6 Å². The number of likely N-dealkylation sites (tertiary alicyclic amines) is 1. The van der Waals surface area contributed by atoms with Crippen LogP contribution in [0.5, 0.6) is 0 Å². The second-order valence-electron chi connectivity index (χ2n) is 9.01. The number of halogens is 2. The Bertz CT molecular complexity index is 979. The quantitative estimate of drug-likeness (QED) is 0.521. The molecule has 0 spiro atoms. The summed E-state index contributed by atoms with van der Waals surface area (Å²) >= 11 is 12.1. The number of amides is 1. The van der Waals surface area contributed by atoms with Gasteiger partial charge >= 0.3 is 5.97 Å². The molecule has 1 aliphatic heterocycles. The van der Waals surface area contributed by atoms with E-state index < -0.39 is 0 Å². The average Bonchev–Trinajstić information content (AvgIpc) is 3.36. The van der Waals surface area contributed by atoms with Gasteiger partial charge in [-0.25, -0.2) is 4.79 Å². The van der Waals surface area contributed by atoms with E-state index in [-0.39, 0.29) is 36.5 Å². The molecule has 7 heteroatoms. The molecule has 4 rings (SSSR count). The van der Waals surface area contributed by atoms with E-state index in [0.717, 1.165) is 37.9 Å². The number of likely N-dealkylation sites (N-methyl/N-ethyl adjacent to an activating group) is 1. The fourth-order valence-corrected chi connectivity index (χ4v) is 5.37. The van der Waals surface area contributed by atoms with Crippen molar-refractivity contribution in [3.8, 4) is 0 Å². The summed E-state index contributed by atoms with van der Waals surface area (Å²) in [6.07, 6.45) is 4.77. The number of benzene rings is 2. The van der Waals surface area contributed by atoms with Gasteiger partial charge in [0.25, 0.3) is 0 Å². The molecule has 2 aliphatic rings. The Morgan fingerprint density at radius 1 is 1.03 bits per heavy atom. The molecule has 5 nitrogen and oxygen atoms in total. The maximum Gasteiger partial charge on any atom is 0.338 e. The molecule has 0 bridgehead atoms. The molecule has 0 N–H and O–H groups in total. The summed E-state index contributed by atoms with van der Waals surface area (Å²) in [6, 6.07) is 14.7. The Balaban J connectivity index is 1.43. The first-order valence-corrected chi connectivity index (χ1v) is 12.4. The van der Waals surface area contributed by atoms with Gasteiger partial charge in [0.2, 0.25) is 5.91 Å². The molecule has 1 saturated heterocycles. The number of carbonyl (C=O) groups excluding carboxylic acids is 2. The van der Waals surface area contributed by atoms with Crippen LogP contribution in [0, 0.1) is 0 Å². The van der Waals surface area contributed by atoms with Crippen LogP contribution in [-0.4, -0.2) is 60.0 Å². The van der Waals surface area contributed by atoms with E-state index in [4.69, 9.17) is 27.9 Å². The minimum absolute atomic E-state index is 0.0577. The zero-order valence-electron chi connectivity index (χ0n) is 18.9. The molecule has 2 aromatic rings. The molecule has 0 aromatic heterocycles. The van der Waals surface area contributed by atoms with Gasteiger partial charge < -0.3 is 9.64 Å². The molecule has 33 heavy (non-hydrogen) atoms. The van der Waals surface area contributed by atoms with Crippen LogP contribution < -0.4 is 0 Å². The highest BCUT2D eigenvalue weighted by Gasteiger charge is 2.40. The highest BCUT2D eigenvalue weighted by molar-refractivity contribution is 6.42. The van der Waals surface area contributed by atoms with Crippen LogP contribution in [0.2, 0.25) is 10.0 Å². The summed E-state index contributed by atoms with van der Waals surface area (Å²) in [5, 5.41) is 0.944. The fourth-order valence-electron chi connectivity index (χ4n) is 5.05. The van der Waals surface area contributed by atoms with E-state index in [0.29, 0.717) is 15.6 Å². The Morgan fingerprint density at radius 2 is 1.76 bits per heavy atom. The lowest BCUT2D eigenvalue weighted by atomic mass is 9.86. The first-order valence-electron chi connectivity index (χ1n) is 11.6. The molecule has 2 fully saturated rings. The number of nitrogens with zero attached hydrogens (tertiary/aromatic N) is 2. The third-order valence-electron chi connectivity index (χ3n) is 6.86. The van der Waals surface area contributed by atoms with Crippen molar-refractivity contribution in [1.29, 1.82) is 0 Å². The van der Waals surface area contributed by atoms with Gasteiger partial charge in [-0.1, -0.05) is 47.5 Å². The van der Waals surface area contributed by atoms with E-state index in [1.807, 2.05) is 36.2 Å². The van der Waals surface area contributed by atoms with E-state index in [1.54, 1.807) is 24.3 Å². The number of hydrogen-bond donors (Lipinski definition) is 0. The molecule has 1 aliphatic carbocycles. The molecular formula is C26H30Cl2N2O3. The first kappa shape index (κ1) is 24.1. The van der Waals surface area contributed by atoms with Crippen LogP contribution >= 0.6 is 23.2 Å². The van der Waals surface area contributed by atoms with Gasteiger partial charge in [-0.15, -0.1) is 0 Å². The van der Waals surface area contributed by atoms with Crippen LogP contribution in [0.15, 0.2) is 48.5 Å². The summed E-state index contributed by atoms with van der Waals surface area (Å²) in [6.45, 7) is 2.05. The lowest BCUT2D eigenvalue weighted by Crippen LogP contribution is -2.56. The molecule has 3 atom stereocenters. The van der Waals surface area contributed by atoms with E-state index in [2.05, 4.69) is 4.90 Å². The molecule has 0 radical (unpaired) electrons. The third-order valence-corrected chi connectivity index (χ3v) is 7.60. The van der Waals surface area contributed by atoms with Crippen LogP contribution in [0.1, 0.15) is 48.0 Å². The van der Waals surface area contributed by atoms with E-state index >= 15 is 0 Å². The fraction of sp³-hybridized carbons (Fsp3) is 0.462. The maximum absolute atomic E-state index is 13.2. The lowest BCUT2D eigenvalue weighted by Gasteiger charge is -2.44. The molecule has 0 unspecified atom stereocenters. The Hall–Kier alpha value is -2.08. The van der Waals surface area contributed by atoms with Crippen molar-refractivity contribution in [3.63, 3.8) is 0 Å². The van der Waals surface area contributed by atoms with Crippen LogP contribution in [0.3, 0.4) is 0 Å². The van der Waals surface area contributed by atoms with Gasteiger partial charge in [0.1, 0.15) is 6.10 Å². The van der Waals surface area contributed by atoms with Crippen LogP contribution in [0.25, 0.3) is 0 Å². The maximum atomic E-state index is 13.2. The smallest absolute Gasteiger partial charge is 0.338 e. The van der Waals surface area contributed by atoms with Gasteiger partial charge in [-0.05, 0) is 68.6 Å². The first-order chi connectivity index (χ1) is 15.9. The zero-order valence-corrected chi connectivity index (χ0v) is 20.4. The minimum atomic E-state index is -0.275. The third kappa shape index (κ3) is 5.89. The van der Waals surface area contributed by atoms with Crippen molar-refractivity contribution in [2.75, 3.05) is 20.1 Å². The molecule has 1 saturated carbocycles. The van der Waals surface area contributed by atoms with E-state index in [1.165, 1.54) is 12.8 Å². The molecule has 1 heterocycles. The zero-order chi connectivity index (χ0) is 23.4. The molecule has 1 amide bonds. The number of hydrogen-bond acceptors (Lipinski definition) is 4. The van der Waals surface area contributed by atoms with Gasteiger partial charge in [-0.3, -0.25) is 9.69 Å². The van der Waals surface area contributed by atoms with Gasteiger partial charge in [0.15, 0.2) is 0 Å². The minimum Gasteiger partial charge on any atom is -0.459 e. The van der Waals surface area contributed by atoms with Crippen molar-refractivity contribution in [3.05, 3.63) is 69.7 Å². The summed E-state index contributed by atoms with van der Waals surface area (Å²) in [5.74, 6) is -0.217. The van der Waals surface area contributed by atoms with Gasteiger partial charge in [-0.2, -0.15) is 0 Å². The van der Waals surface area contributed by atoms with Crippen molar-refractivity contribution >= 4 is 35.1 Å². The highest BCUT2D eigenvalue weighted by Crippen LogP contribution is 2.32. The number of esters is 1. The highest BCUT2D eigenvalue weighted by atomic mass is 35.5. The standard InChI is InChI=1S/C26H30Cl2N2O3/c1-29(25(31)16-18-9-11-21(27)22(28)15-18)23-12-10-20(17-24(23)30-13-5-6-14-30)33-26(32)19-7-3-2-4-8-19/h2-4,7-9,11,15,20,23-24H,5-6,10,12-14,16-17H2,1H3/t20-,23-,24-/m0/s1. The monoisotopic (exact) mass is 488 g/mol. The summed E-state index contributed by atoms with van der Waals surface area (Å²) < 4.78 is 5.88. The normalized spacial score (nSPS) is 23.3. The summed E-state index contributed by atoms with van der Waals surface area (Å²) in [7, 11) is 1.89. The Kier molecular flexibility index (Phi) is 7.94. The summed E-state index contributed by atoms with van der Waals surface area (Å²) in [4.78, 5) is 30.1. The SMILES string of the molecule is CN(C(=O)Cc1ccc(Cl)c(Cl)c1)[C@H]1CC[C@H](OC(=O)c2ccccc2)C[C@@H]1N1CCCC1. The average molecular weight is 489 g/mol. The molecule has 2 aromatic carbocycles. The predicted molar refractivity (Wildman–Crippen MR) is 131 cm³/mol. The van der Waals surface area contributed by atoms with Crippen LogP contribution in [0.4, 0.5) is 0 Å². The molecule has 176 valence electrons.